The molecular weight excluding hydrogens is 749 g/mol. The van der Waals surface area contributed by atoms with Crippen molar-refractivity contribution in [3.63, 3.8) is 0 Å². The van der Waals surface area contributed by atoms with Gasteiger partial charge in [-0.15, -0.1) is 0 Å². The Kier molecular flexibility index (Phi) is 13.1. The molecular formula is C60H56N2. The normalized spacial score (nSPS) is 18.0. The van der Waals surface area contributed by atoms with E-state index in [1.165, 1.54) is 43.8 Å². The van der Waals surface area contributed by atoms with E-state index in [-0.39, 0.29) is 6.04 Å². The lowest BCUT2D eigenvalue weighted by atomic mass is 9.83. The molecule has 0 aromatic heterocycles. The summed E-state index contributed by atoms with van der Waals surface area (Å²) in [6, 6.07) is 28.8. The average Bonchev–Trinajstić information content (AvgIpc) is 3.56. The van der Waals surface area contributed by atoms with E-state index in [4.69, 9.17) is 0 Å². The Morgan fingerprint density at radius 3 is 2.15 bits per heavy atom. The monoisotopic (exact) mass is 804 g/mol. The molecule has 0 fully saturated rings. The maximum atomic E-state index is 4.14. The van der Waals surface area contributed by atoms with Crippen LogP contribution in [0.15, 0.2) is 206 Å². The molecule has 4 aliphatic rings. The first-order valence-corrected chi connectivity index (χ1v) is 22.1. The molecule has 0 bridgehead atoms. The summed E-state index contributed by atoms with van der Waals surface area (Å²) in [7, 11) is 0. The van der Waals surface area contributed by atoms with E-state index in [9.17, 15) is 0 Å². The van der Waals surface area contributed by atoms with Crippen LogP contribution in [0.4, 0.5) is 17.1 Å². The molecule has 2 unspecified atom stereocenters. The highest BCUT2D eigenvalue weighted by molar-refractivity contribution is 5.90. The predicted molar refractivity (Wildman–Crippen MR) is 269 cm³/mol. The third kappa shape index (κ3) is 9.00. The molecule has 62 heavy (non-hydrogen) atoms. The van der Waals surface area contributed by atoms with Crippen LogP contribution in [0.2, 0.25) is 0 Å². The van der Waals surface area contributed by atoms with Crippen LogP contribution in [-0.2, 0) is 0 Å². The fraction of sp³-hybridized carbons (Fsp3) is 0.167. The third-order valence-corrected chi connectivity index (χ3v) is 12.0. The van der Waals surface area contributed by atoms with Crippen molar-refractivity contribution in [1.29, 1.82) is 0 Å². The highest BCUT2D eigenvalue weighted by Gasteiger charge is 2.26. The molecule has 0 aliphatic heterocycles. The van der Waals surface area contributed by atoms with E-state index in [2.05, 4.69) is 232 Å². The molecule has 0 heterocycles. The van der Waals surface area contributed by atoms with Gasteiger partial charge in [0, 0.05) is 46.0 Å². The van der Waals surface area contributed by atoms with E-state index in [1.807, 2.05) is 12.2 Å². The Labute approximate surface area is 369 Å². The van der Waals surface area contributed by atoms with Gasteiger partial charge in [-0.2, -0.15) is 0 Å². The molecule has 0 saturated heterocycles. The minimum absolute atomic E-state index is 0.142. The van der Waals surface area contributed by atoms with Crippen molar-refractivity contribution in [1.82, 2.24) is 0 Å². The molecule has 2 heteroatoms. The van der Waals surface area contributed by atoms with Gasteiger partial charge in [-0.25, -0.2) is 0 Å². The van der Waals surface area contributed by atoms with Crippen molar-refractivity contribution in [2.24, 2.45) is 5.92 Å². The quantitative estimate of drug-likeness (QED) is 0.0981. The second kappa shape index (κ2) is 19.5. The Bertz CT molecular complexity index is 2850. The predicted octanol–water partition coefficient (Wildman–Crippen LogP) is 14.2. The van der Waals surface area contributed by atoms with Gasteiger partial charge in [-0.3, -0.25) is 0 Å². The van der Waals surface area contributed by atoms with Crippen molar-refractivity contribution in [2.45, 2.75) is 58.9 Å². The molecule has 4 aromatic rings. The smallest absolute Gasteiger partial charge is 0.0582 e. The van der Waals surface area contributed by atoms with Crippen LogP contribution in [0.5, 0.6) is 0 Å². The maximum Gasteiger partial charge on any atom is 0.0582 e. The van der Waals surface area contributed by atoms with E-state index >= 15 is 0 Å². The van der Waals surface area contributed by atoms with Crippen molar-refractivity contribution < 1.29 is 0 Å². The summed E-state index contributed by atoms with van der Waals surface area (Å²) in [5, 5.41) is 2.54. The summed E-state index contributed by atoms with van der Waals surface area (Å²) in [5.41, 5.74) is 15.0. The second-order valence-corrected chi connectivity index (χ2v) is 16.3. The number of anilines is 3. The first-order valence-electron chi connectivity index (χ1n) is 22.1. The summed E-state index contributed by atoms with van der Waals surface area (Å²) >= 11 is 0. The van der Waals surface area contributed by atoms with E-state index in [0.717, 1.165) is 65.3 Å². The number of rotatable bonds is 13. The van der Waals surface area contributed by atoms with Crippen molar-refractivity contribution in [3.8, 4) is 34.1 Å². The van der Waals surface area contributed by atoms with Crippen LogP contribution in [0, 0.1) is 17.8 Å². The number of allylic oxidation sites excluding steroid dienone is 17. The van der Waals surface area contributed by atoms with Crippen LogP contribution < -0.4 is 20.2 Å². The van der Waals surface area contributed by atoms with Gasteiger partial charge >= 0.3 is 0 Å². The maximum absolute atomic E-state index is 4.14. The van der Waals surface area contributed by atoms with Gasteiger partial charge in [-0.05, 0) is 138 Å². The Hall–Kier alpha value is -7.08. The van der Waals surface area contributed by atoms with Gasteiger partial charge in [0.1, 0.15) is 0 Å². The lowest BCUT2D eigenvalue weighted by molar-refractivity contribution is 0.594. The Morgan fingerprint density at radius 1 is 0.694 bits per heavy atom. The number of para-hydroxylation sites is 1. The largest absolute Gasteiger partial charge is 0.338 e. The number of nitrogens with zero attached hydrogens (tertiary/aromatic N) is 2. The van der Waals surface area contributed by atoms with Crippen LogP contribution >= 0.6 is 0 Å². The summed E-state index contributed by atoms with van der Waals surface area (Å²) < 4.78 is 0. The molecule has 0 amide bonds. The average molecular weight is 805 g/mol. The fourth-order valence-corrected chi connectivity index (χ4v) is 9.04. The van der Waals surface area contributed by atoms with Crippen molar-refractivity contribution in [3.05, 3.63) is 227 Å². The van der Waals surface area contributed by atoms with Gasteiger partial charge in [0.05, 0.1) is 6.04 Å². The SMILES string of the molecule is C=C/C=C(\C)N(c1ccccc1)c1cccc(-c2c3c(c(-c4cccc(N(/C(C)=C/C=C(C=C)/C=C/C5=CCCC=C5)C5C=CC=CC5C)c4)c4c2=CCCC=4)C#CCC=C3)c1. The van der Waals surface area contributed by atoms with Gasteiger partial charge in [-0.1, -0.05) is 172 Å². The van der Waals surface area contributed by atoms with Gasteiger partial charge in [0.2, 0.25) is 0 Å². The van der Waals surface area contributed by atoms with Crippen LogP contribution in [-0.4, -0.2) is 6.04 Å². The van der Waals surface area contributed by atoms with Gasteiger partial charge in [0.25, 0.3) is 0 Å². The van der Waals surface area contributed by atoms with Crippen molar-refractivity contribution in [2.75, 3.05) is 9.80 Å². The van der Waals surface area contributed by atoms with Crippen LogP contribution in [0.25, 0.3) is 40.5 Å². The zero-order valence-electron chi connectivity index (χ0n) is 36.4. The van der Waals surface area contributed by atoms with Gasteiger partial charge in [0.15, 0.2) is 0 Å². The summed E-state index contributed by atoms with van der Waals surface area (Å²) in [6.45, 7) is 14.8. The molecule has 2 nitrogen and oxygen atoms in total. The zero-order valence-corrected chi connectivity index (χ0v) is 36.4. The minimum atomic E-state index is 0.142. The van der Waals surface area contributed by atoms with Crippen molar-refractivity contribution >= 4 is 35.3 Å². The molecule has 2 atom stereocenters. The molecule has 8 rings (SSSR count). The molecule has 0 radical (unpaired) electrons. The van der Waals surface area contributed by atoms with Crippen LogP contribution in [0.3, 0.4) is 0 Å². The van der Waals surface area contributed by atoms with E-state index in [0.29, 0.717) is 12.3 Å². The lowest BCUT2D eigenvalue weighted by Gasteiger charge is -2.36. The molecule has 0 spiro atoms. The fourth-order valence-electron chi connectivity index (χ4n) is 9.04. The van der Waals surface area contributed by atoms with E-state index in [1.54, 1.807) is 0 Å². The molecule has 0 saturated carbocycles. The summed E-state index contributed by atoms with van der Waals surface area (Å²) in [6.07, 6.45) is 44.7. The Morgan fingerprint density at radius 2 is 1.40 bits per heavy atom. The second-order valence-electron chi connectivity index (χ2n) is 16.3. The summed E-state index contributed by atoms with van der Waals surface area (Å²) in [4.78, 5) is 4.80. The minimum Gasteiger partial charge on any atom is -0.338 e. The molecule has 4 aliphatic carbocycles. The highest BCUT2D eigenvalue weighted by Crippen LogP contribution is 2.38. The number of hydrogen-bond acceptors (Lipinski definition) is 2. The topological polar surface area (TPSA) is 6.48 Å². The standard InChI is InChI=1S/C60H56N2/c1-6-23-45(4)61(51-29-13-9-14-30-51)52-31-21-27-49(42-52)59-54-33-15-10-16-34-55(54)60(57-36-19-18-35-56(57)59)50-28-22-32-53(43-50)62(58-37-20-17-24-44(58)3)46(5)38-39-47(7-2)40-41-48-25-11-8-12-26-48/h6-7,9,11,13-15,17,20-33,35-44,58H,1-2,8,10,12,18-19H2,3-5H3/b41-40+,45-23+,46-38+,47-39+. The van der Waals surface area contributed by atoms with Gasteiger partial charge < -0.3 is 9.80 Å². The number of hydrogen-bond donors (Lipinski definition) is 0. The summed E-state index contributed by atoms with van der Waals surface area (Å²) in [5.74, 6) is 7.53. The highest BCUT2D eigenvalue weighted by atomic mass is 15.2. The molecule has 306 valence electrons. The van der Waals surface area contributed by atoms with Crippen LogP contribution in [0.1, 0.15) is 64.0 Å². The lowest BCUT2D eigenvalue weighted by Crippen LogP contribution is -2.37. The first-order chi connectivity index (χ1) is 30.4. The first kappa shape index (κ1) is 41.6. The Balaban J connectivity index is 1.27. The third-order valence-electron chi connectivity index (χ3n) is 12.0. The molecule has 0 N–H and O–H groups in total. The number of fused-ring (bicyclic) bond motifs is 2. The van der Waals surface area contributed by atoms with E-state index < -0.39 is 0 Å². The number of benzene rings is 4. The zero-order chi connectivity index (χ0) is 42.8. The molecule has 4 aromatic carbocycles.